The Balaban J connectivity index is 1.77. The van der Waals surface area contributed by atoms with E-state index in [2.05, 4.69) is 15.0 Å². The van der Waals surface area contributed by atoms with E-state index in [1.54, 1.807) is 0 Å². The Morgan fingerprint density at radius 2 is 2.24 bits per heavy atom. The number of fused-ring (bicyclic) bond motifs is 1. The van der Waals surface area contributed by atoms with E-state index < -0.39 is 11.4 Å². The molecule has 6 heteroatoms. The van der Waals surface area contributed by atoms with Gasteiger partial charge in [0.1, 0.15) is 0 Å². The molecule has 1 aliphatic heterocycles. The first-order valence-corrected chi connectivity index (χ1v) is 7.75. The van der Waals surface area contributed by atoms with E-state index in [1.165, 1.54) is 0 Å². The Morgan fingerprint density at radius 1 is 1.48 bits per heavy atom. The number of hydrogen-bond donors (Lipinski definition) is 1. The molecule has 2 fully saturated rings. The SMILES string of the molecule is CC(C)c1noc(C(C)N2C[C@@H]3CCC[C@@]3(C(=O)O)C2)n1. The Labute approximate surface area is 124 Å². The second-order valence-electron chi connectivity index (χ2n) is 6.80. The number of nitrogens with zero attached hydrogens (tertiary/aromatic N) is 3. The predicted molar refractivity (Wildman–Crippen MR) is 75.8 cm³/mol. The van der Waals surface area contributed by atoms with Crippen molar-refractivity contribution in [3.8, 4) is 0 Å². The molecule has 0 radical (unpaired) electrons. The summed E-state index contributed by atoms with van der Waals surface area (Å²) < 4.78 is 5.37. The Hall–Kier alpha value is -1.43. The summed E-state index contributed by atoms with van der Waals surface area (Å²) in [5, 5.41) is 13.6. The molecular formula is C15H23N3O3. The third-order valence-electron chi connectivity index (χ3n) is 5.20. The van der Waals surface area contributed by atoms with E-state index in [-0.39, 0.29) is 17.9 Å². The third kappa shape index (κ3) is 2.25. The molecular weight excluding hydrogens is 270 g/mol. The van der Waals surface area contributed by atoms with Crippen molar-refractivity contribution in [3.05, 3.63) is 11.7 Å². The number of carboxylic acids is 1. The minimum atomic E-state index is -0.645. The number of hydrogen-bond acceptors (Lipinski definition) is 5. The van der Waals surface area contributed by atoms with Crippen LogP contribution < -0.4 is 0 Å². The summed E-state index contributed by atoms with van der Waals surface area (Å²) in [5.74, 6) is 1.15. The summed E-state index contributed by atoms with van der Waals surface area (Å²) in [4.78, 5) is 18.4. The molecule has 21 heavy (non-hydrogen) atoms. The molecule has 1 aromatic heterocycles. The highest BCUT2D eigenvalue weighted by Crippen LogP contribution is 2.50. The largest absolute Gasteiger partial charge is 0.481 e. The molecule has 3 rings (SSSR count). The predicted octanol–water partition coefficient (Wildman–Crippen LogP) is 2.44. The maximum Gasteiger partial charge on any atom is 0.311 e. The number of aromatic nitrogens is 2. The zero-order valence-corrected chi connectivity index (χ0v) is 12.9. The Morgan fingerprint density at radius 3 is 2.81 bits per heavy atom. The Kier molecular flexibility index (Phi) is 3.51. The van der Waals surface area contributed by atoms with Crippen LogP contribution >= 0.6 is 0 Å². The van der Waals surface area contributed by atoms with Crippen LogP contribution in [0.2, 0.25) is 0 Å². The fourth-order valence-electron chi connectivity index (χ4n) is 3.78. The zero-order chi connectivity index (χ0) is 15.2. The first-order valence-electron chi connectivity index (χ1n) is 7.75. The summed E-state index contributed by atoms with van der Waals surface area (Å²) in [7, 11) is 0. The van der Waals surface area contributed by atoms with Gasteiger partial charge in [-0.3, -0.25) is 9.69 Å². The lowest BCUT2D eigenvalue weighted by atomic mass is 9.81. The average Bonchev–Trinajstić information content (AvgIpc) is 3.11. The topological polar surface area (TPSA) is 79.5 Å². The molecule has 2 aliphatic rings. The van der Waals surface area contributed by atoms with Gasteiger partial charge in [0.25, 0.3) is 0 Å². The van der Waals surface area contributed by atoms with E-state index in [9.17, 15) is 9.90 Å². The zero-order valence-electron chi connectivity index (χ0n) is 12.9. The van der Waals surface area contributed by atoms with E-state index in [1.807, 2.05) is 20.8 Å². The van der Waals surface area contributed by atoms with Crippen LogP contribution in [0.3, 0.4) is 0 Å². The van der Waals surface area contributed by atoms with Gasteiger partial charge in [0.05, 0.1) is 11.5 Å². The number of carboxylic acid groups (broad SMARTS) is 1. The van der Waals surface area contributed by atoms with Crippen molar-refractivity contribution in [2.45, 2.75) is 52.0 Å². The second kappa shape index (κ2) is 5.09. The van der Waals surface area contributed by atoms with Crippen molar-refractivity contribution >= 4 is 5.97 Å². The van der Waals surface area contributed by atoms with Crippen LogP contribution in [0.5, 0.6) is 0 Å². The highest BCUT2D eigenvalue weighted by Gasteiger charge is 2.55. The maximum absolute atomic E-state index is 11.7. The van der Waals surface area contributed by atoms with E-state index >= 15 is 0 Å². The van der Waals surface area contributed by atoms with E-state index in [0.29, 0.717) is 18.3 Å². The van der Waals surface area contributed by atoms with Gasteiger partial charge in [-0.05, 0) is 25.7 Å². The Bertz CT molecular complexity index is 542. The van der Waals surface area contributed by atoms with Gasteiger partial charge in [0.15, 0.2) is 5.82 Å². The second-order valence-corrected chi connectivity index (χ2v) is 6.80. The molecule has 1 aromatic rings. The molecule has 6 nitrogen and oxygen atoms in total. The van der Waals surface area contributed by atoms with E-state index in [4.69, 9.17) is 4.52 Å². The van der Waals surface area contributed by atoms with Gasteiger partial charge in [-0.25, -0.2) is 0 Å². The van der Waals surface area contributed by atoms with Gasteiger partial charge in [-0.15, -0.1) is 0 Å². The highest BCUT2D eigenvalue weighted by atomic mass is 16.5. The number of rotatable bonds is 4. The van der Waals surface area contributed by atoms with Crippen LogP contribution in [0.4, 0.5) is 0 Å². The molecule has 0 bridgehead atoms. The van der Waals surface area contributed by atoms with Crippen LogP contribution in [-0.4, -0.2) is 39.2 Å². The monoisotopic (exact) mass is 293 g/mol. The smallest absolute Gasteiger partial charge is 0.311 e. The summed E-state index contributed by atoms with van der Waals surface area (Å²) in [5.41, 5.74) is -0.560. The number of carbonyl (C=O) groups is 1. The fraction of sp³-hybridized carbons (Fsp3) is 0.800. The van der Waals surface area contributed by atoms with Crippen molar-refractivity contribution in [2.24, 2.45) is 11.3 Å². The van der Waals surface area contributed by atoms with Crippen molar-refractivity contribution in [1.82, 2.24) is 15.0 Å². The third-order valence-corrected chi connectivity index (χ3v) is 5.20. The fourth-order valence-corrected chi connectivity index (χ4v) is 3.78. The van der Waals surface area contributed by atoms with Crippen molar-refractivity contribution < 1.29 is 14.4 Å². The molecule has 1 saturated carbocycles. The quantitative estimate of drug-likeness (QED) is 0.918. The molecule has 1 unspecified atom stereocenters. The molecule has 1 aliphatic carbocycles. The van der Waals surface area contributed by atoms with Gasteiger partial charge < -0.3 is 9.63 Å². The lowest BCUT2D eigenvalue weighted by molar-refractivity contribution is -0.149. The number of likely N-dealkylation sites (tertiary alicyclic amines) is 1. The maximum atomic E-state index is 11.7. The van der Waals surface area contributed by atoms with Gasteiger partial charge in [-0.2, -0.15) is 4.98 Å². The standard InChI is InChI=1S/C15H23N3O3/c1-9(2)12-16-13(21-17-12)10(3)18-7-11-5-4-6-15(11,8-18)14(19)20/h9-11H,4-8H2,1-3H3,(H,19,20)/t10?,11-,15+/m0/s1. The van der Waals surface area contributed by atoms with Gasteiger partial charge >= 0.3 is 5.97 Å². The minimum Gasteiger partial charge on any atom is -0.481 e. The molecule has 2 heterocycles. The molecule has 1 saturated heterocycles. The lowest BCUT2D eigenvalue weighted by Crippen LogP contribution is -2.36. The van der Waals surface area contributed by atoms with E-state index in [0.717, 1.165) is 25.8 Å². The van der Waals surface area contributed by atoms with Crippen molar-refractivity contribution in [3.63, 3.8) is 0 Å². The molecule has 3 atom stereocenters. The summed E-state index contributed by atoms with van der Waals surface area (Å²) in [6, 6.07) is -0.0215. The lowest BCUT2D eigenvalue weighted by Gasteiger charge is -2.25. The van der Waals surface area contributed by atoms with Crippen molar-refractivity contribution in [2.75, 3.05) is 13.1 Å². The molecule has 116 valence electrons. The molecule has 0 spiro atoms. The van der Waals surface area contributed by atoms with Crippen LogP contribution in [0.25, 0.3) is 0 Å². The normalized spacial score (nSPS) is 30.8. The first kappa shape index (κ1) is 14.5. The highest BCUT2D eigenvalue weighted by molar-refractivity contribution is 5.76. The molecule has 0 amide bonds. The van der Waals surface area contributed by atoms with Gasteiger partial charge in [-0.1, -0.05) is 25.4 Å². The minimum absolute atomic E-state index is 0.0215. The van der Waals surface area contributed by atoms with Crippen LogP contribution in [-0.2, 0) is 4.79 Å². The number of aliphatic carboxylic acids is 1. The van der Waals surface area contributed by atoms with Gasteiger partial charge in [0.2, 0.25) is 5.89 Å². The first-order chi connectivity index (χ1) is 9.94. The summed E-state index contributed by atoms with van der Waals surface area (Å²) >= 11 is 0. The van der Waals surface area contributed by atoms with Crippen LogP contribution in [0.1, 0.15) is 63.7 Å². The molecule has 0 aromatic carbocycles. The van der Waals surface area contributed by atoms with Crippen LogP contribution in [0.15, 0.2) is 4.52 Å². The van der Waals surface area contributed by atoms with Crippen molar-refractivity contribution in [1.29, 1.82) is 0 Å². The summed E-state index contributed by atoms with van der Waals surface area (Å²) in [6.45, 7) is 7.48. The summed E-state index contributed by atoms with van der Waals surface area (Å²) in [6.07, 6.45) is 2.82. The molecule has 1 N–H and O–H groups in total. The van der Waals surface area contributed by atoms with Gasteiger partial charge in [0, 0.05) is 19.0 Å². The van der Waals surface area contributed by atoms with Crippen LogP contribution in [0, 0.1) is 11.3 Å². The average molecular weight is 293 g/mol.